The molecule has 3 rings (SSSR count). The van der Waals surface area contributed by atoms with Crippen LogP contribution in [0.25, 0.3) is 5.57 Å². The summed E-state index contributed by atoms with van der Waals surface area (Å²) in [6.07, 6.45) is 1.48. The Morgan fingerprint density at radius 3 is 2.38 bits per heavy atom. The molecule has 0 aliphatic heterocycles. The molecule has 0 spiro atoms. The van der Waals surface area contributed by atoms with Gasteiger partial charge in [-0.15, -0.1) is 0 Å². The molecule has 0 aliphatic rings. The van der Waals surface area contributed by atoms with Gasteiger partial charge in [-0.05, 0) is 55.5 Å². The van der Waals surface area contributed by atoms with Gasteiger partial charge >= 0.3 is 0 Å². The largest absolute Gasteiger partial charge is 0.508 e. The van der Waals surface area contributed by atoms with E-state index in [-0.39, 0.29) is 17.1 Å². The Labute approximate surface area is 149 Å². The van der Waals surface area contributed by atoms with Crippen molar-refractivity contribution in [2.75, 3.05) is 10.6 Å². The molecule has 0 fully saturated rings. The number of phenols is 1. The topological polar surface area (TPSA) is 87.4 Å². The number of halogens is 1. The SMILES string of the molecule is Cc1cc(C(=CNc2ccc(O)cc2)C(=O)Nc2ccc(F)cc2)on1. The minimum Gasteiger partial charge on any atom is -0.508 e. The van der Waals surface area contributed by atoms with E-state index >= 15 is 0 Å². The Hall–Kier alpha value is -3.61. The summed E-state index contributed by atoms with van der Waals surface area (Å²) in [5.74, 6) is -0.411. The molecule has 1 heterocycles. The van der Waals surface area contributed by atoms with Crippen LogP contribution in [0.15, 0.2) is 65.3 Å². The molecule has 0 saturated heterocycles. The van der Waals surface area contributed by atoms with Crippen molar-refractivity contribution in [1.29, 1.82) is 0 Å². The number of aromatic nitrogens is 1. The van der Waals surface area contributed by atoms with Crippen LogP contribution in [0, 0.1) is 12.7 Å². The highest BCUT2D eigenvalue weighted by Crippen LogP contribution is 2.20. The van der Waals surface area contributed by atoms with Gasteiger partial charge in [0.2, 0.25) is 0 Å². The van der Waals surface area contributed by atoms with Gasteiger partial charge in [-0.25, -0.2) is 4.39 Å². The molecule has 3 aromatic rings. The molecule has 0 radical (unpaired) electrons. The van der Waals surface area contributed by atoms with E-state index in [1.165, 1.54) is 42.6 Å². The van der Waals surface area contributed by atoms with Crippen molar-refractivity contribution in [3.63, 3.8) is 0 Å². The first-order valence-corrected chi connectivity index (χ1v) is 7.77. The average Bonchev–Trinajstić information content (AvgIpc) is 3.05. The standard InChI is InChI=1S/C19H16FN3O3/c1-12-10-18(26-23-12)17(11-21-14-6-8-16(24)9-7-14)19(25)22-15-4-2-13(20)3-5-15/h2-11,21,24H,1H3,(H,22,25). The predicted octanol–water partition coefficient (Wildman–Crippen LogP) is 3.92. The van der Waals surface area contributed by atoms with Crippen LogP contribution in [0.2, 0.25) is 0 Å². The zero-order valence-corrected chi connectivity index (χ0v) is 13.9. The first-order valence-electron chi connectivity index (χ1n) is 7.77. The van der Waals surface area contributed by atoms with Gasteiger partial charge in [0, 0.05) is 23.6 Å². The first-order chi connectivity index (χ1) is 12.5. The lowest BCUT2D eigenvalue weighted by atomic mass is 10.2. The Morgan fingerprint density at radius 1 is 1.12 bits per heavy atom. The van der Waals surface area contributed by atoms with E-state index in [1.54, 1.807) is 25.1 Å². The number of benzene rings is 2. The molecule has 2 aromatic carbocycles. The molecule has 3 N–H and O–H groups in total. The summed E-state index contributed by atoms with van der Waals surface area (Å²) < 4.78 is 18.2. The normalized spacial score (nSPS) is 11.2. The van der Waals surface area contributed by atoms with E-state index in [1.807, 2.05) is 0 Å². The van der Waals surface area contributed by atoms with Crippen LogP contribution >= 0.6 is 0 Å². The highest BCUT2D eigenvalue weighted by Gasteiger charge is 2.17. The van der Waals surface area contributed by atoms with Crippen LogP contribution in [0.4, 0.5) is 15.8 Å². The number of carbonyl (C=O) groups is 1. The van der Waals surface area contributed by atoms with E-state index in [2.05, 4.69) is 15.8 Å². The Balaban J connectivity index is 1.84. The van der Waals surface area contributed by atoms with Crippen LogP contribution in [0.3, 0.4) is 0 Å². The molecule has 0 aliphatic carbocycles. The molecule has 7 heteroatoms. The second-order valence-electron chi connectivity index (χ2n) is 5.54. The minimum absolute atomic E-state index is 0.139. The maximum Gasteiger partial charge on any atom is 0.261 e. The van der Waals surface area contributed by atoms with Crippen molar-refractivity contribution < 1.29 is 18.8 Å². The second kappa shape index (κ2) is 7.52. The van der Waals surface area contributed by atoms with Gasteiger partial charge in [-0.1, -0.05) is 5.16 Å². The lowest BCUT2D eigenvalue weighted by Crippen LogP contribution is -2.14. The second-order valence-corrected chi connectivity index (χ2v) is 5.54. The van der Waals surface area contributed by atoms with E-state index < -0.39 is 11.7 Å². The number of amides is 1. The fourth-order valence-electron chi connectivity index (χ4n) is 2.18. The van der Waals surface area contributed by atoms with Crippen LogP contribution in [-0.2, 0) is 4.79 Å². The maximum atomic E-state index is 13.0. The van der Waals surface area contributed by atoms with Crippen molar-refractivity contribution in [3.8, 4) is 5.75 Å². The molecule has 0 atom stereocenters. The van der Waals surface area contributed by atoms with E-state index in [0.29, 0.717) is 17.1 Å². The zero-order chi connectivity index (χ0) is 18.5. The van der Waals surface area contributed by atoms with E-state index in [0.717, 1.165) is 0 Å². The molecule has 132 valence electrons. The molecular formula is C19H16FN3O3. The van der Waals surface area contributed by atoms with Gasteiger partial charge in [0.1, 0.15) is 17.1 Å². The number of aromatic hydroxyl groups is 1. The Morgan fingerprint density at radius 2 is 1.77 bits per heavy atom. The van der Waals surface area contributed by atoms with Gasteiger partial charge in [-0.2, -0.15) is 0 Å². The van der Waals surface area contributed by atoms with E-state index in [4.69, 9.17) is 4.52 Å². The molecule has 1 amide bonds. The monoisotopic (exact) mass is 353 g/mol. The number of phenolic OH excluding ortho intramolecular Hbond substituents is 1. The summed E-state index contributed by atoms with van der Waals surface area (Å²) in [5.41, 5.74) is 1.96. The van der Waals surface area contributed by atoms with Gasteiger partial charge in [0.25, 0.3) is 5.91 Å². The van der Waals surface area contributed by atoms with Crippen LogP contribution in [0.5, 0.6) is 5.75 Å². The summed E-state index contributed by atoms with van der Waals surface area (Å²) in [7, 11) is 0. The minimum atomic E-state index is -0.445. The number of nitrogens with one attached hydrogen (secondary N) is 2. The number of nitrogens with zero attached hydrogens (tertiary/aromatic N) is 1. The van der Waals surface area contributed by atoms with Crippen molar-refractivity contribution in [1.82, 2.24) is 5.16 Å². The highest BCUT2D eigenvalue weighted by molar-refractivity contribution is 6.24. The molecule has 6 nitrogen and oxygen atoms in total. The molecule has 1 aromatic heterocycles. The van der Waals surface area contributed by atoms with Crippen molar-refractivity contribution >= 4 is 22.9 Å². The summed E-state index contributed by atoms with van der Waals surface area (Å²) >= 11 is 0. The number of rotatable bonds is 5. The maximum absolute atomic E-state index is 13.0. The fraction of sp³-hybridized carbons (Fsp3) is 0.0526. The van der Waals surface area contributed by atoms with Crippen LogP contribution in [-0.4, -0.2) is 16.2 Å². The molecule has 0 bridgehead atoms. The van der Waals surface area contributed by atoms with Crippen molar-refractivity contribution in [2.24, 2.45) is 0 Å². The van der Waals surface area contributed by atoms with Gasteiger partial charge in [0.15, 0.2) is 5.76 Å². The number of hydrogen-bond acceptors (Lipinski definition) is 5. The van der Waals surface area contributed by atoms with E-state index in [9.17, 15) is 14.3 Å². The molecular weight excluding hydrogens is 337 g/mol. The quantitative estimate of drug-likeness (QED) is 0.478. The smallest absolute Gasteiger partial charge is 0.261 e. The van der Waals surface area contributed by atoms with Crippen molar-refractivity contribution in [3.05, 3.63) is 78.1 Å². The summed E-state index contributed by atoms with van der Waals surface area (Å²) in [6.45, 7) is 1.75. The van der Waals surface area contributed by atoms with Crippen molar-refractivity contribution in [2.45, 2.75) is 6.92 Å². The highest BCUT2D eigenvalue weighted by atomic mass is 19.1. The van der Waals surface area contributed by atoms with Crippen LogP contribution in [0.1, 0.15) is 11.5 Å². The summed E-state index contributed by atoms with van der Waals surface area (Å²) in [4.78, 5) is 12.6. The first kappa shape index (κ1) is 17.2. The third-order valence-electron chi connectivity index (χ3n) is 3.49. The van der Waals surface area contributed by atoms with Crippen LogP contribution < -0.4 is 10.6 Å². The molecule has 0 unspecified atom stereocenters. The fourth-order valence-corrected chi connectivity index (χ4v) is 2.18. The Bertz CT molecular complexity index is 931. The lowest BCUT2D eigenvalue weighted by Gasteiger charge is -2.08. The number of aryl methyl sites for hydroxylation is 1. The van der Waals surface area contributed by atoms with Gasteiger partial charge in [-0.3, -0.25) is 4.79 Å². The lowest BCUT2D eigenvalue weighted by molar-refractivity contribution is -0.111. The third-order valence-corrected chi connectivity index (χ3v) is 3.49. The summed E-state index contributed by atoms with van der Waals surface area (Å²) in [5, 5.41) is 18.8. The summed E-state index contributed by atoms with van der Waals surface area (Å²) in [6, 6.07) is 13.4. The predicted molar refractivity (Wildman–Crippen MR) is 96.0 cm³/mol. The number of anilines is 2. The number of carbonyl (C=O) groups excluding carboxylic acids is 1. The van der Waals surface area contributed by atoms with Gasteiger partial charge < -0.3 is 20.3 Å². The van der Waals surface area contributed by atoms with Gasteiger partial charge in [0.05, 0.1) is 5.69 Å². The number of hydrogen-bond donors (Lipinski definition) is 3. The Kier molecular flexibility index (Phi) is 4.98. The third kappa shape index (κ3) is 4.27. The molecule has 0 saturated carbocycles. The molecule has 26 heavy (non-hydrogen) atoms. The average molecular weight is 353 g/mol. The zero-order valence-electron chi connectivity index (χ0n) is 13.9.